The highest BCUT2D eigenvalue weighted by molar-refractivity contribution is 5.91. The Morgan fingerprint density at radius 2 is 2.00 bits per heavy atom. The summed E-state index contributed by atoms with van der Waals surface area (Å²) in [4.78, 5) is 12.0. The number of carbonyl (C=O) groups excluding carboxylic acids is 1. The number of aliphatic hydroxyl groups is 1. The molecule has 1 amide bonds. The van der Waals surface area contributed by atoms with Gasteiger partial charge >= 0.3 is 0 Å². The Morgan fingerprint density at radius 1 is 1.39 bits per heavy atom. The molecular formula is C12H12N4O2. The zero-order chi connectivity index (χ0) is 13.6. The number of hydrogen-bond acceptors (Lipinski definition) is 5. The van der Waals surface area contributed by atoms with E-state index in [2.05, 4.69) is 5.32 Å². The van der Waals surface area contributed by atoms with E-state index in [0.717, 1.165) is 0 Å². The fourth-order valence-corrected chi connectivity index (χ4v) is 3.26. The van der Waals surface area contributed by atoms with Gasteiger partial charge < -0.3 is 10.4 Å². The van der Waals surface area contributed by atoms with Gasteiger partial charge in [-0.3, -0.25) is 4.79 Å². The van der Waals surface area contributed by atoms with E-state index >= 15 is 0 Å². The molecule has 6 heteroatoms. The van der Waals surface area contributed by atoms with E-state index < -0.39 is 28.4 Å². The SMILES string of the molecule is CC[C@H]1C[C@]2(O)C[C@](C#N)(C(=O)N2)C1(C#N)C#N. The number of carbonyl (C=O) groups is 1. The Bertz CT molecular complexity index is 524. The molecule has 6 nitrogen and oxygen atoms in total. The van der Waals surface area contributed by atoms with Crippen LogP contribution in [0.5, 0.6) is 0 Å². The quantitative estimate of drug-likeness (QED) is 0.681. The minimum Gasteiger partial charge on any atom is -0.371 e. The largest absolute Gasteiger partial charge is 0.371 e. The number of nitrogens with zero attached hydrogens (tertiary/aromatic N) is 3. The van der Waals surface area contributed by atoms with Gasteiger partial charge in [-0.2, -0.15) is 15.8 Å². The van der Waals surface area contributed by atoms with Crippen LogP contribution in [0.2, 0.25) is 0 Å². The van der Waals surface area contributed by atoms with Crippen molar-refractivity contribution < 1.29 is 9.90 Å². The maximum Gasteiger partial charge on any atom is 0.245 e. The van der Waals surface area contributed by atoms with E-state index in [1.54, 1.807) is 6.92 Å². The third-order valence-corrected chi connectivity index (χ3v) is 4.20. The summed E-state index contributed by atoms with van der Waals surface area (Å²) in [5.41, 5.74) is -4.93. The Hall–Kier alpha value is -2.10. The molecule has 2 aliphatic rings. The van der Waals surface area contributed by atoms with E-state index in [-0.39, 0.29) is 12.8 Å². The van der Waals surface area contributed by atoms with E-state index in [9.17, 15) is 25.7 Å². The second-order valence-electron chi connectivity index (χ2n) is 5.02. The smallest absolute Gasteiger partial charge is 0.245 e. The van der Waals surface area contributed by atoms with Crippen molar-refractivity contribution in [2.45, 2.75) is 31.9 Å². The fraction of sp³-hybridized carbons (Fsp3) is 0.667. The van der Waals surface area contributed by atoms with Crippen LogP contribution >= 0.6 is 0 Å². The molecule has 0 aromatic carbocycles. The van der Waals surface area contributed by atoms with Gasteiger partial charge in [0.1, 0.15) is 5.72 Å². The number of hydrogen-bond donors (Lipinski definition) is 2. The van der Waals surface area contributed by atoms with E-state index in [0.29, 0.717) is 6.42 Å². The zero-order valence-corrected chi connectivity index (χ0v) is 9.90. The van der Waals surface area contributed by atoms with Gasteiger partial charge in [-0.25, -0.2) is 0 Å². The van der Waals surface area contributed by atoms with Crippen molar-refractivity contribution in [1.82, 2.24) is 5.32 Å². The Morgan fingerprint density at radius 3 is 2.44 bits per heavy atom. The van der Waals surface area contributed by atoms with Gasteiger partial charge in [-0.05, 0) is 5.92 Å². The second kappa shape index (κ2) is 3.45. The van der Waals surface area contributed by atoms with Crippen LogP contribution in [0.25, 0.3) is 0 Å². The fourth-order valence-electron chi connectivity index (χ4n) is 3.26. The normalized spacial score (nSPS) is 40.2. The molecule has 3 atom stereocenters. The topological polar surface area (TPSA) is 121 Å². The molecule has 0 radical (unpaired) electrons. The summed E-state index contributed by atoms with van der Waals surface area (Å²) < 4.78 is 0. The van der Waals surface area contributed by atoms with Crippen LogP contribution in [-0.4, -0.2) is 16.7 Å². The van der Waals surface area contributed by atoms with Crippen molar-refractivity contribution in [2.75, 3.05) is 0 Å². The van der Waals surface area contributed by atoms with Crippen molar-refractivity contribution in [1.29, 1.82) is 15.8 Å². The Labute approximate surface area is 104 Å². The highest BCUT2D eigenvalue weighted by Gasteiger charge is 2.73. The van der Waals surface area contributed by atoms with Crippen LogP contribution in [0.4, 0.5) is 0 Å². The van der Waals surface area contributed by atoms with Gasteiger partial charge in [0.25, 0.3) is 0 Å². The Balaban J connectivity index is 2.71. The van der Waals surface area contributed by atoms with Gasteiger partial charge in [0, 0.05) is 12.8 Å². The second-order valence-corrected chi connectivity index (χ2v) is 5.02. The molecule has 0 aromatic heterocycles. The summed E-state index contributed by atoms with van der Waals surface area (Å²) in [6, 6.07) is 5.58. The molecule has 2 N–H and O–H groups in total. The average Bonchev–Trinajstić information content (AvgIpc) is 2.59. The van der Waals surface area contributed by atoms with Crippen molar-refractivity contribution in [3.8, 4) is 18.2 Å². The van der Waals surface area contributed by atoms with E-state index in [4.69, 9.17) is 0 Å². The molecule has 2 rings (SSSR count). The molecule has 1 aliphatic heterocycles. The number of nitrogens with one attached hydrogen (secondary N) is 1. The molecule has 1 saturated heterocycles. The first-order valence-electron chi connectivity index (χ1n) is 5.72. The van der Waals surface area contributed by atoms with Crippen LogP contribution in [0.1, 0.15) is 26.2 Å². The van der Waals surface area contributed by atoms with Gasteiger partial charge in [-0.15, -0.1) is 0 Å². The molecule has 1 saturated carbocycles. The van der Waals surface area contributed by atoms with Crippen molar-refractivity contribution >= 4 is 5.91 Å². The summed E-state index contributed by atoms with van der Waals surface area (Å²) in [6.45, 7) is 1.78. The van der Waals surface area contributed by atoms with Gasteiger partial charge in [0.2, 0.25) is 5.91 Å². The lowest BCUT2D eigenvalue weighted by Gasteiger charge is -2.43. The summed E-state index contributed by atoms with van der Waals surface area (Å²) in [5.74, 6) is -1.23. The summed E-state index contributed by atoms with van der Waals surface area (Å²) in [5, 5.41) is 40.7. The number of rotatable bonds is 1. The van der Waals surface area contributed by atoms with Crippen molar-refractivity contribution in [3.05, 3.63) is 0 Å². The molecule has 18 heavy (non-hydrogen) atoms. The monoisotopic (exact) mass is 244 g/mol. The first-order chi connectivity index (χ1) is 8.43. The third-order valence-electron chi connectivity index (χ3n) is 4.20. The first kappa shape index (κ1) is 12.4. The lowest BCUT2D eigenvalue weighted by molar-refractivity contribution is -0.128. The molecule has 1 aliphatic carbocycles. The number of amides is 1. The van der Waals surface area contributed by atoms with Crippen molar-refractivity contribution in [2.24, 2.45) is 16.7 Å². The van der Waals surface area contributed by atoms with Crippen LogP contribution in [0, 0.1) is 50.7 Å². The molecule has 0 aromatic rings. The van der Waals surface area contributed by atoms with Crippen molar-refractivity contribution in [3.63, 3.8) is 0 Å². The predicted molar refractivity (Wildman–Crippen MR) is 57.8 cm³/mol. The maximum atomic E-state index is 12.0. The molecule has 2 fully saturated rings. The van der Waals surface area contributed by atoms with Gasteiger partial charge in [0.05, 0.1) is 18.2 Å². The molecule has 92 valence electrons. The zero-order valence-electron chi connectivity index (χ0n) is 9.90. The van der Waals surface area contributed by atoms with E-state index in [1.807, 2.05) is 18.2 Å². The molecule has 0 unspecified atom stereocenters. The highest BCUT2D eigenvalue weighted by Crippen LogP contribution is 2.59. The van der Waals surface area contributed by atoms with Crippen LogP contribution in [0.15, 0.2) is 0 Å². The molecule has 2 bridgehead atoms. The molecule has 1 heterocycles. The van der Waals surface area contributed by atoms with E-state index in [1.165, 1.54) is 0 Å². The van der Waals surface area contributed by atoms with Gasteiger partial charge in [0.15, 0.2) is 10.8 Å². The highest BCUT2D eigenvalue weighted by atomic mass is 16.3. The lowest BCUT2D eigenvalue weighted by Crippen LogP contribution is -2.53. The standard InChI is InChI=1S/C12H12N4O2/c1-2-8-3-12(18)4-10(5-13,9(17)16-12)11(8,6-14)7-15/h8,18H,2-4H2,1H3,(H,16,17)/t8-,10-,12-/m0/s1. The average molecular weight is 244 g/mol. The maximum absolute atomic E-state index is 12.0. The first-order valence-corrected chi connectivity index (χ1v) is 5.72. The lowest BCUT2D eigenvalue weighted by atomic mass is 9.52. The van der Waals surface area contributed by atoms with Crippen LogP contribution in [-0.2, 0) is 4.79 Å². The summed E-state index contributed by atoms with van der Waals surface area (Å²) >= 11 is 0. The molecule has 0 spiro atoms. The minimum absolute atomic E-state index is 0.125. The predicted octanol–water partition coefficient (Wildman–Crippen LogP) is 0.168. The summed E-state index contributed by atoms with van der Waals surface area (Å²) in [7, 11) is 0. The molecular weight excluding hydrogens is 232 g/mol. The van der Waals surface area contributed by atoms with Crippen LogP contribution in [0.3, 0.4) is 0 Å². The third kappa shape index (κ3) is 1.10. The van der Waals surface area contributed by atoms with Gasteiger partial charge in [-0.1, -0.05) is 13.3 Å². The minimum atomic E-state index is -1.77. The summed E-state index contributed by atoms with van der Waals surface area (Å²) in [6.07, 6.45) is 0.370. The number of nitriles is 3. The Kier molecular flexibility index (Phi) is 2.37. The number of fused-ring (bicyclic) bond motifs is 2. The van der Waals surface area contributed by atoms with Crippen LogP contribution < -0.4 is 5.32 Å².